The van der Waals surface area contributed by atoms with E-state index in [-0.39, 0.29) is 0 Å². The molecule has 0 aliphatic carbocycles. The summed E-state index contributed by atoms with van der Waals surface area (Å²) in [6, 6.07) is 58.5. The average molecular weight is 527 g/mol. The van der Waals surface area contributed by atoms with Crippen LogP contribution in [0.5, 0.6) is 0 Å². The quantitative estimate of drug-likeness (QED) is 0.199. The number of nitrogens with zero attached hydrogens (tertiary/aromatic N) is 2. The first-order valence-corrected chi connectivity index (χ1v) is 14.0. The first-order chi connectivity index (χ1) is 20.3. The van der Waals surface area contributed by atoms with Crippen LogP contribution >= 0.6 is 0 Å². The molecule has 0 radical (unpaired) electrons. The molecule has 196 valence electrons. The van der Waals surface area contributed by atoms with E-state index < -0.39 is 0 Å². The van der Waals surface area contributed by atoms with Crippen LogP contribution in [0.25, 0.3) is 32.7 Å². The number of hydrogen-bond donors (Lipinski definition) is 0. The molecule has 7 aromatic carbocycles. The molecule has 0 spiro atoms. The molecular weight excluding hydrogens is 496 g/mol. The van der Waals surface area contributed by atoms with E-state index in [9.17, 15) is 0 Å². The Kier molecular flexibility index (Phi) is 6.42. The largest absolute Gasteiger partial charge is 0.345 e. The molecule has 2 nitrogen and oxygen atoms in total. The standard InChI is InChI=1S/C39H30N2/c1-40(32-13-4-2-5-14-32)33-24-20-29(21-25-33)30-22-26-35(27-23-30)41(34-15-6-3-7-16-34)39-28-31-12-8-9-17-36(31)37-18-10-11-19-38(37)39/h2-28H,1H3. The zero-order valence-corrected chi connectivity index (χ0v) is 23.0. The molecule has 0 atom stereocenters. The monoisotopic (exact) mass is 526 g/mol. The maximum atomic E-state index is 2.37. The summed E-state index contributed by atoms with van der Waals surface area (Å²) in [5.41, 5.74) is 8.16. The van der Waals surface area contributed by atoms with Crippen LogP contribution < -0.4 is 9.80 Å². The van der Waals surface area contributed by atoms with Crippen LogP contribution in [-0.2, 0) is 0 Å². The predicted octanol–water partition coefficient (Wildman–Crippen LogP) is 10.9. The Balaban J connectivity index is 1.28. The third-order valence-corrected chi connectivity index (χ3v) is 7.86. The van der Waals surface area contributed by atoms with Gasteiger partial charge in [0.05, 0.1) is 5.69 Å². The maximum absolute atomic E-state index is 2.37. The molecule has 0 aromatic heterocycles. The van der Waals surface area contributed by atoms with E-state index in [4.69, 9.17) is 0 Å². The molecule has 0 aliphatic heterocycles. The fourth-order valence-electron chi connectivity index (χ4n) is 5.70. The van der Waals surface area contributed by atoms with Gasteiger partial charge in [-0.2, -0.15) is 0 Å². The zero-order chi connectivity index (χ0) is 27.6. The van der Waals surface area contributed by atoms with Gasteiger partial charge in [0.2, 0.25) is 0 Å². The first kappa shape index (κ1) is 24.7. The van der Waals surface area contributed by atoms with Crippen molar-refractivity contribution >= 4 is 50.0 Å². The summed E-state index contributed by atoms with van der Waals surface area (Å²) in [4.78, 5) is 4.58. The minimum atomic E-state index is 1.13. The second-order valence-corrected chi connectivity index (χ2v) is 10.3. The third kappa shape index (κ3) is 4.70. The van der Waals surface area contributed by atoms with Gasteiger partial charge < -0.3 is 9.80 Å². The number of para-hydroxylation sites is 2. The van der Waals surface area contributed by atoms with Gasteiger partial charge in [-0.15, -0.1) is 0 Å². The van der Waals surface area contributed by atoms with E-state index in [0.717, 1.165) is 17.1 Å². The van der Waals surface area contributed by atoms with E-state index >= 15 is 0 Å². The van der Waals surface area contributed by atoms with Gasteiger partial charge in [0, 0.05) is 35.2 Å². The topological polar surface area (TPSA) is 6.48 Å². The second-order valence-electron chi connectivity index (χ2n) is 10.3. The summed E-state index contributed by atoms with van der Waals surface area (Å²) >= 11 is 0. The Bertz CT molecular complexity index is 1930. The van der Waals surface area contributed by atoms with Crippen LogP contribution in [0, 0.1) is 0 Å². The van der Waals surface area contributed by atoms with Crippen LogP contribution in [0.1, 0.15) is 0 Å². The summed E-state index contributed by atoms with van der Waals surface area (Å²) in [5, 5.41) is 5.01. The van der Waals surface area contributed by atoms with Gasteiger partial charge in [-0.05, 0) is 81.9 Å². The minimum absolute atomic E-state index is 1.13. The Morgan fingerprint density at radius 3 is 1.44 bits per heavy atom. The van der Waals surface area contributed by atoms with Crippen molar-refractivity contribution in [3.63, 3.8) is 0 Å². The Morgan fingerprint density at radius 2 is 0.805 bits per heavy atom. The fraction of sp³-hybridized carbons (Fsp3) is 0.0256. The summed E-state index contributed by atoms with van der Waals surface area (Å²) < 4.78 is 0. The average Bonchev–Trinajstić information content (AvgIpc) is 3.06. The highest BCUT2D eigenvalue weighted by atomic mass is 15.1. The zero-order valence-electron chi connectivity index (χ0n) is 23.0. The molecule has 41 heavy (non-hydrogen) atoms. The van der Waals surface area contributed by atoms with Gasteiger partial charge in [-0.3, -0.25) is 0 Å². The molecule has 7 aromatic rings. The molecule has 0 N–H and O–H groups in total. The lowest BCUT2D eigenvalue weighted by Gasteiger charge is -2.27. The number of hydrogen-bond acceptors (Lipinski definition) is 2. The van der Waals surface area contributed by atoms with Crippen LogP contribution in [0.4, 0.5) is 28.4 Å². The van der Waals surface area contributed by atoms with Gasteiger partial charge >= 0.3 is 0 Å². The summed E-state index contributed by atoms with van der Waals surface area (Å²) in [7, 11) is 2.10. The van der Waals surface area contributed by atoms with Crippen molar-refractivity contribution in [2.75, 3.05) is 16.8 Å². The van der Waals surface area contributed by atoms with Crippen LogP contribution in [-0.4, -0.2) is 7.05 Å². The molecular formula is C39H30N2. The van der Waals surface area contributed by atoms with Gasteiger partial charge in [0.15, 0.2) is 0 Å². The Morgan fingerprint density at radius 1 is 0.366 bits per heavy atom. The smallest absolute Gasteiger partial charge is 0.0546 e. The Labute approximate surface area is 241 Å². The van der Waals surface area contributed by atoms with E-state index in [0.29, 0.717) is 0 Å². The minimum Gasteiger partial charge on any atom is -0.345 e. The van der Waals surface area contributed by atoms with Crippen molar-refractivity contribution in [2.45, 2.75) is 0 Å². The summed E-state index contributed by atoms with van der Waals surface area (Å²) in [5.74, 6) is 0. The van der Waals surface area contributed by atoms with Crippen LogP contribution in [0.15, 0.2) is 164 Å². The number of rotatable bonds is 6. The van der Waals surface area contributed by atoms with Crippen molar-refractivity contribution in [1.82, 2.24) is 0 Å². The molecule has 0 saturated heterocycles. The molecule has 0 bridgehead atoms. The predicted molar refractivity (Wildman–Crippen MR) is 176 cm³/mol. The molecule has 0 heterocycles. The van der Waals surface area contributed by atoms with Gasteiger partial charge in [0.25, 0.3) is 0 Å². The molecule has 7 rings (SSSR count). The normalized spacial score (nSPS) is 11.0. The summed E-state index contributed by atoms with van der Waals surface area (Å²) in [6.07, 6.45) is 0. The Hall–Kier alpha value is -5.34. The van der Waals surface area contributed by atoms with Crippen molar-refractivity contribution in [3.05, 3.63) is 164 Å². The van der Waals surface area contributed by atoms with Gasteiger partial charge in [-0.25, -0.2) is 0 Å². The first-order valence-electron chi connectivity index (χ1n) is 14.0. The van der Waals surface area contributed by atoms with E-state index in [1.807, 2.05) is 6.07 Å². The molecule has 0 amide bonds. The molecule has 0 saturated carbocycles. The maximum Gasteiger partial charge on any atom is 0.0546 e. The molecule has 0 fully saturated rings. The van der Waals surface area contributed by atoms with Gasteiger partial charge in [-0.1, -0.05) is 109 Å². The lowest BCUT2D eigenvalue weighted by molar-refractivity contribution is 1.21. The highest BCUT2D eigenvalue weighted by molar-refractivity contribution is 6.14. The second kappa shape index (κ2) is 10.7. The van der Waals surface area contributed by atoms with E-state index in [1.165, 1.54) is 44.0 Å². The van der Waals surface area contributed by atoms with E-state index in [1.54, 1.807) is 0 Å². The highest BCUT2D eigenvalue weighted by Gasteiger charge is 2.17. The van der Waals surface area contributed by atoms with Crippen LogP contribution in [0.3, 0.4) is 0 Å². The number of anilines is 5. The van der Waals surface area contributed by atoms with Crippen molar-refractivity contribution in [1.29, 1.82) is 0 Å². The number of benzene rings is 7. The van der Waals surface area contributed by atoms with Crippen molar-refractivity contribution in [3.8, 4) is 11.1 Å². The van der Waals surface area contributed by atoms with E-state index in [2.05, 4.69) is 175 Å². The summed E-state index contributed by atoms with van der Waals surface area (Å²) in [6.45, 7) is 0. The SMILES string of the molecule is CN(c1ccccc1)c1ccc(-c2ccc(N(c3ccccc3)c3cc4ccccc4c4ccccc34)cc2)cc1. The fourth-order valence-corrected chi connectivity index (χ4v) is 5.70. The number of fused-ring (bicyclic) bond motifs is 3. The van der Waals surface area contributed by atoms with Gasteiger partial charge in [0.1, 0.15) is 0 Å². The van der Waals surface area contributed by atoms with Crippen LogP contribution in [0.2, 0.25) is 0 Å². The molecule has 0 unspecified atom stereocenters. The lowest BCUT2D eigenvalue weighted by atomic mass is 9.98. The van der Waals surface area contributed by atoms with Crippen molar-refractivity contribution < 1.29 is 0 Å². The molecule has 0 aliphatic rings. The lowest BCUT2D eigenvalue weighted by Crippen LogP contribution is -2.10. The molecule has 2 heteroatoms. The highest BCUT2D eigenvalue weighted by Crippen LogP contribution is 2.42. The van der Waals surface area contributed by atoms with Crippen molar-refractivity contribution in [2.24, 2.45) is 0 Å². The third-order valence-electron chi connectivity index (χ3n) is 7.86.